The number of ether oxygens (including phenoxy) is 3. The third-order valence-electron chi connectivity index (χ3n) is 4.11. The summed E-state index contributed by atoms with van der Waals surface area (Å²) in [5.74, 6) is -0.701. The van der Waals surface area contributed by atoms with E-state index in [4.69, 9.17) is 18.7 Å². The van der Waals surface area contributed by atoms with E-state index in [0.29, 0.717) is 22.9 Å². The molecular formula is C20H18F2N2O5. The molecule has 3 aromatic rings. The van der Waals surface area contributed by atoms with Crippen LogP contribution in [0.1, 0.15) is 16.1 Å². The summed E-state index contributed by atoms with van der Waals surface area (Å²) in [5, 5.41) is 6.47. The smallest absolute Gasteiger partial charge is 0.251 e. The van der Waals surface area contributed by atoms with Crippen LogP contribution in [0.15, 0.2) is 40.9 Å². The number of benzene rings is 2. The van der Waals surface area contributed by atoms with Gasteiger partial charge in [-0.05, 0) is 24.3 Å². The number of amides is 1. The molecule has 1 heterocycles. The summed E-state index contributed by atoms with van der Waals surface area (Å²) >= 11 is 0. The van der Waals surface area contributed by atoms with Gasteiger partial charge in [0, 0.05) is 17.7 Å². The molecule has 1 N–H and O–H groups in total. The van der Waals surface area contributed by atoms with Crippen LogP contribution in [0.5, 0.6) is 17.2 Å². The average Bonchev–Trinajstić information content (AvgIpc) is 3.19. The Morgan fingerprint density at radius 2 is 1.72 bits per heavy atom. The van der Waals surface area contributed by atoms with Crippen LogP contribution < -0.4 is 19.5 Å². The van der Waals surface area contributed by atoms with E-state index in [1.807, 2.05) is 0 Å². The number of carbonyl (C=O) groups excluding carboxylic acids is 1. The lowest BCUT2D eigenvalue weighted by Crippen LogP contribution is -2.23. The largest absolute Gasteiger partial charge is 0.493 e. The lowest BCUT2D eigenvalue weighted by Gasteiger charge is -2.13. The lowest BCUT2D eigenvalue weighted by molar-refractivity contribution is 0.0949. The molecule has 29 heavy (non-hydrogen) atoms. The lowest BCUT2D eigenvalue weighted by atomic mass is 10.1. The van der Waals surface area contributed by atoms with Crippen molar-refractivity contribution in [1.82, 2.24) is 10.5 Å². The van der Waals surface area contributed by atoms with Gasteiger partial charge in [-0.15, -0.1) is 0 Å². The second kappa shape index (κ2) is 8.59. The van der Waals surface area contributed by atoms with E-state index in [-0.39, 0.29) is 23.4 Å². The molecule has 3 rings (SSSR count). The number of carbonyl (C=O) groups is 1. The maximum absolute atomic E-state index is 13.9. The van der Waals surface area contributed by atoms with Crippen molar-refractivity contribution in [2.45, 2.75) is 6.54 Å². The zero-order valence-electron chi connectivity index (χ0n) is 15.9. The zero-order chi connectivity index (χ0) is 21.0. The molecule has 0 spiro atoms. The van der Waals surface area contributed by atoms with Crippen molar-refractivity contribution >= 4 is 5.91 Å². The second-order valence-electron chi connectivity index (χ2n) is 5.90. The van der Waals surface area contributed by atoms with Gasteiger partial charge in [-0.2, -0.15) is 0 Å². The van der Waals surface area contributed by atoms with Crippen molar-refractivity contribution in [2.24, 2.45) is 0 Å². The number of hydrogen-bond donors (Lipinski definition) is 1. The molecule has 0 aliphatic rings. The minimum absolute atomic E-state index is 0.0296. The van der Waals surface area contributed by atoms with Gasteiger partial charge in [0.1, 0.15) is 17.3 Å². The van der Waals surface area contributed by atoms with E-state index in [9.17, 15) is 13.6 Å². The van der Waals surface area contributed by atoms with Gasteiger partial charge in [0.15, 0.2) is 17.3 Å². The van der Waals surface area contributed by atoms with Crippen molar-refractivity contribution in [2.75, 3.05) is 21.3 Å². The highest BCUT2D eigenvalue weighted by Gasteiger charge is 2.18. The van der Waals surface area contributed by atoms with E-state index in [0.717, 1.165) is 12.1 Å². The molecule has 2 aromatic carbocycles. The van der Waals surface area contributed by atoms with Gasteiger partial charge in [-0.1, -0.05) is 5.16 Å². The Balaban J connectivity index is 1.74. The SMILES string of the molecule is COc1cc(C(=O)NCc2cc(-c3ccc(F)cc3F)on2)cc(OC)c1OC. The van der Waals surface area contributed by atoms with Gasteiger partial charge >= 0.3 is 0 Å². The molecule has 152 valence electrons. The fraction of sp³-hybridized carbons (Fsp3) is 0.200. The van der Waals surface area contributed by atoms with Crippen LogP contribution in [0.3, 0.4) is 0 Å². The molecule has 0 aliphatic heterocycles. The summed E-state index contributed by atoms with van der Waals surface area (Å²) in [4.78, 5) is 12.5. The highest BCUT2D eigenvalue weighted by atomic mass is 19.1. The highest BCUT2D eigenvalue weighted by molar-refractivity contribution is 5.95. The summed E-state index contributed by atoms with van der Waals surface area (Å²) in [6.45, 7) is 0.0296. The zero-order valence-corrected chi connectivity index (χ0v) is 15.9. The topological polar surface area (TPSA) is 82.8 Å². The van der Waals surface area contributed by atoms with Gasteiger partial charge in [0.2, 0.25) is 5.75 Å². The predicted octanol–water partition coefficient (Wildman–Crippen LogP) is 3.58. The Hall–Kier alpha value is -3.62. The van der Waals surface area contributed by atoms with Crippen LogP contribution in [-0.4, -0.2) is 32.4 Å². The normalized spacial score (nSPS) is 10.5. The van der Waals surface area contributed by atoms with Crippen LogP contribution in [0.25, 0.3) is 11.3 Å². The van der Waals surface area contributed by atoms with Crippen molar-refractivity contribution in [3.63, 3.8) is 0 Å². The fourth-order valence-corrected chi connectivity index (χ4v) is 2.70. The van der Waals surface area contributed by atoms with Crippen molar-refractivity contribution < 1.29 is 32.3 Å². The van der Waals surface area contributed by atoms with E-state index in [1.54, 1.807) is 0 Å². The standard InChI is InChI=1S/C20H18F2N2O5/c1-26-17-6-11(7-18(27-2)19(17)28-3)20(25)23-10-13-9-16(29-24-13)14-5-4-12(21)8-15(14)22/h4-9H,10H2,1-3H3,(H,23,25). The van der Waals surface area contributed by atoms with Gasteiger partial charge in [0.05, 0.1) is 33.4 Å². The molecule has 0 unspecified atom stereocenters. The fourth-order valence-electron chi connectivity index (χ4n) is 2.70. The minimum atomic E-state index is -0.769. The Morgan fingerprint density at radius 3 is 2.31 bits per heavy atom. The number of nitrogens with one attached hydrogen (secondary N) is 1. The first kappa shape index (κ1) is 20.1. The molecule has 7 nitrogen and oxygen atoms in total. The molecule has 0 radical (unpaired) electrons. The van der Waals surface area contributed by atoms with E-state index in [2.05, 4.69) is 10.5 Å². The molecule has 0 saturated carbocycles. The number of aromatic nitrogens is 1. The van der Waals surface area contributed by atoms with Crippen molar-refractivity contribution in [3.05, 3.63) is 59.3 Å². The molecule has 1 amide bonds. The molecule has 0 saturated heterocycles. The number of halogens is 2. The van der Waals surface area contributed by atoms with Gasteiger partial charge in [0.25, 0.3) is 5.91 Å². The van der Waals surface area contributed by atoms with Crippen LogP contribution in [-0.2, 0) is 6.54 Å². The van der Waals surface area contributed by atoms with Gasteiger partial charge in [-0.25, -0.2) is 8.78 Å². The summed E-state index contributed by atoms with van der Waals surface area (Å²) in [7, 11) is 4.36. The number of hydrogen-bond acceptors (Lipinski definition) is 6. The summed E-state index contributed by atoms with van der Waals surface area (Å²) in [6.07, 6.45) is 0. The Kier molecular flexibility index (Phi) is 5.96. The summed E-state index contributed by atoms with van der Waals surface area (Å²) in [6, 6.07) is 7.61. The third kappa shape index (κ3) is 4.29. The second-order valence-corrected chi connectivity index (χ2v) is 5.90. The molecule has 0 aliphatic carbocycles. The number of nitrogens with zero attached hydrogens (tertiary/aromatic N) is 1. The Bertz CT molecular complexity index is 1010. The third-order valence-corrected chi connectivity index (χ3v) is 4.11. The van der Waals surface area contributed by atoms with Crippen molar-refractivity contribution in [3.8, 4) is 28.6 Å². The van der Waals surface area contributed by atoms with Crippen LogP contribution in [0, 0.1) is 11.6 Å². The molecular weight excluding hydrogens is 386 g/mol. The maximum atomic E-state index is 13.9. The van der Waals surface area contributed by atoms with E-state index < -0.39 is 17.5 Å². The van der Waals surface area contributed by atoms with Gasteiger partial charge in [-0.3, -0.25) is 4.79 Å². The van der Waals surface area contributed by atoms with Gasteiger partial charge < -0.3 is 24.1 Å². The highest BCUT2D eigenvalue weighted by Crippen LogP contribution is 2.38. The maximum Gasteiger partial charge on any atom is 0.251 e. The Morgan fingerprint density at radius 1 is 1.03 bits per heavy atom. The van der Waals surface area contributed by atoms with Crippen LogP contribution in [0.2, 0.25) is 0 Å². The summed E-state index contributed by atoms with van der Waals surface area (Å²) < 4.78 is 47.7. The molecule has 9 heteroatoms. The minimum Gasteiger partial charge on any atom is -0.493 e. The Labute approximate surface area is 165 Å². The average molecular weight is 404 g/mol. The van der Waals surface area contributed by atoms with Crippen LogP contribution >= 0.6 is 0 Å². The molecule has 1 aromatic heterocycles. The quantitative estimate of drug-likeness (QED) is 0.648. The van der Waals surface area contributed by atoms with Crippen molar-refractivity contribution in [1.29, 1.82) is 0 Å². The number of methoxy groups -OCH3 is 3. The molecule has 0 fully saturated rings. The first-order valence-electron chi connectivity index (χ1n) is 8.46. The first-order chi connectivity index (χ1) is 14.0. The van der Waals surface area contributed by atoms with E-state index in [1.165, 1.54) is 45.6 Å². The molecule has 0 atom stereocenters. The molecule has 0 bridgehead atoms. The van der Waals surface area contributed by atoms with Crippen LogP contribution in [0.4, 0.5) is 8.78 Å². The summed E-state index contributed by atoms with van der Waals surface area (Å²) in [5.41, 5.74) is 0.721. The number of rotatable bonds is 7. The van der Waals surface area contributed by atoms with E-state index >= 15 is 0 Å². The predicted molar refractivity (Wildman–Crippen MR) is 99.1 cm³/mol. The first-order valence-corrected chi connectivity index (χ1v) is 8.46. The monoisotopic (exact) mass is 404 g/mol.